The summed E-state index contributed by atoms with van der Waals surface area (Å²) in [6, 6.07) is 32.4. The number of quaternary nitrogens is 2. The van der Waals surface area contributed by atoms with E-state index in [-0.39, 0.29) is 176 Å². The molecule has 36 nitrogen and oxygen atoms in total. The number of nitrogens with one attached hydrogen (secondary N) is 2. The summed E-state index contributed by atoms with van der Waals surface area (Å²) in [5.74, 6) is -3.85. The number of methoxy groups -OCH3 is 1. The minimum absolute atomic E-state index is 0.000778. The molecule has 8 heterocycles. The Kier molecular flexibility index (Phi) is 26.5. The number of amidine groups is 4. The molecule has 0 saturated heterocycles. The Morgan fingerprint density at radius 1 is 0.450 bits per heavy atom. The molecule has 6 aliphatic rings. The van der Waals surface area contributed by atoms with E-state index in [0.717, 1.165) is 43.8 Å². The number of amides is 2. The van der Waals surface area contributed by atoms with Gasteiger partial charge in [0.1, 0.15) is 0 Å². The van der Waals surface area contributed by atoms with Crippen molar-refractivity contribution in [2.45, 2.75) is 141 Å². The molecule has 12 rings (SSSR count). The van der Waals surface area contributed by atoms with Gasteiger partial charge in [0.2, 0.25) is 0 Å². The molecule has 6 aromatic rings. The number of esters is 1. The van der Waals surface area contributed by atoms with Crippen LogP contribution < -0.4 is 21.6 Å². The fraction of sp³-hybridized carbons (Fsp3) is 0.533. The number of aromatic nitrogens is 2. The molecule has 120 heavy (non-hydrogen) atoms. The van der Waals surface area contributed by atoms with Crippen LogP contribution in [-0.2, 0) is 88.1 Å². The van der Waals surface area contributed by atoms with Gasteiger partial charge >= 0.3 is 438 Å². The molecule has 2 amide bonds. The fourth-order valence-corrected chi connectivity index (χ4v) is 44.4. The summed E-state index contributed by atoms with van der Waals surface area (Å²) in [6.45, 7) is 8.06. The van der Waals surface area contributed by atoms with Gasteiger partial charge in [-0.1, -0.05) is 0 Å². The third-order valence-electron chi connectivity index (χ3n) is 23.8. The van der Waals surface area contributed by atoms with Crippen LogP contribution in [0, 0.1) is 5.92 Å². The Labute approximate surface area is 700 Å². The van der Waals surface area contributed by atoms with Crippen molar-refractivity contribution in [1.82, 2.24) is 19.1 Å². The van der Waals surface area contributed by atoms with Gasteiger partial charge in [-0.05, 0) is 0 Å². The van der Waals surface area contributed by atoms with Crippen molar-refractivity contribution < 1.29 is 123 Å². The van der Waals surface area contributed by atoms with Gasteiger partial charge in [0.25, 0.3) is 40.5 Å². The number of hydrogen-bond donors (Lipinski definition) is 6. The van der Waals surface area contributed by atoms with Gasteiger partial charge in [-0.3, -0.25) is 23.0 Å². The van der Waals surface area contributed by atoms with Gasteiger partial charge in [0.05, 0.1) is 89.6 Å². The van der Waals surface area contributed by atoms with Gasteiger partial charge in [-0.2, -0.15) is 33.7 Å². The van der Waals surface area contributed by atoms with E-state index in [4.69, 9.17) is 24.7 Å². The van der Waals surface area contributed by atoms with Crippen LogP contribution in [0.15, 0.2) is 117 Å². The van der Waals surface area contributed by atoms with E-state index in [1.807, 2.05) is 97.1 Å². The number of aliphatic imine (C=N–C) groups is 2. The number of rotatable bonds is 50. The number of carbonyl (C=O) groups is 3. The van der Waals surface area contributed by atoms with Crippen molar-refractivity contribution in [3.05, 3.63) is 130 Å². The zero-order chi connectivity index (χ0) is 87.0. The van der Waals surface area contributed by atoms with Crippen molar-refractivity contribution in [2.75, 3.05) is 107 Å². The van der Waals surface area contributed by atoms with Crippen LogP contribution in [-0.4, -0.2) is 276 Å². The number of ether oxygens (including phenoxy) is 1. The summed E-state index contributed by atoms with van der Waals surface area (Å²) in [5.41, 5.74) is 3.92. The van der Waals surface area contributed by atoms with Crippen LogP contribution in [0.4, 0.5) is 11.6 Å². The first-order valence-electron chi connectivity index (χ1n) is 40.4. The summed E-state index contributed by atoms with van der Waals surface area (Å²) in [4.78, 5) is 64.5. The predicted molar refractivity (Wildman–Crippen MR) is 453 cm³/mol. The van der Waals surface area contributed by atoms with Crippen LogP contribution in [0.2, 0.25) is 38.3 Å². The van der Waals surface area contributed by atoms with Crippen molar-refractivity contribution in [3.8, 4) is 0 Å². The van der Waals surface area contributed by atoms with E-state index >= 15 is 4.79 Å². The van der Waals surface area contributed by atoms with E-state index in [2.05, 4.69) is 53.8 Å². The molecule has 6 N–H and O–H groups in total. The van der Waals surface area contributed by atoms with Crippen molar-refractivity contribution in [3.63, 3.8) is 0 Å². The van der Waals surface area contributed by atoms with E-state index in [0.29, 0.717) is 71.3 Å². The van der Waals surface area contributed by atoms with Crippen LogP contribution in [0.25, 0.3) is 21.5 Å². The Balaban J connectivity index is 0.962. The van der Waals surface area contributed by atoms with E-state index in [1.54, 1.807) is 0 Å². The first-order chi connectivity index (χ1) is 56.2. The van der Waals surface area contributed by atoms with E-state index in [1.165, 1.54) is 7.11 Å². The minimum atomic E-state index is -7.34. The monoisotopic (exact) mass is 1830 g/mol. The van der Waals surface area contributed by atoms with Crippen LogP contribution in [0.1, 0.15) is 125 Å². The molecule has 2 aromatic heterocycles. The summed E-state index contributed by atoms with van der Waals surface area (Å²) in [6.07, 6.45) is 0.674. The SMILES string of the molecule is COC(=O)CCCCC(=O)NCCC[Si](C)(C)O[Si-2]123(O[Si](C)(C)CCCNC(=O)C(CCC[N+](CCCS(=O)(=O)[O-])(CCCS(=O)(=O)O)CCCS(=O)(=O)O)CCC[N+](CCCS(=O)(=O)[O-])(CCCS(=O)(=O)O)CCCS(=O)(=O)O)n4c5c6ccccc6c4N=C4c6ccccc6C(=[N+]41)N=c1c4ccccc4c(n12)=NC1=[N+]3C(=N5)c2ccccc21. The molecule has 0 aliphatic carbocycles. The average Bonchev–Trinajstić information content (AvgIpc) is 1.32. The molecule has 0 radical (unpaired) electrons. The molecule has 0 bridgehead atoms. The van der Waals surface area contributed by atoms with Gasteiger partial charge in [-0.15, -0.1) is 0 Å². The zero-order valence-electron chi connectivity index (χ0n) is 67.7. The molecule has 0 unspecified atom stereocenters. The Bertz CT molecular complexity index is 5610. The molecule has 0 fully saturated rings. The normalized spacial score (nSPS) is 16.9. The molecule has 6 aliphatic heterocycles. The van der Waals surface area contributed by atoms with Crippen LogP contribution in [0.3, 0.4) is 0 Å². The molecule has 0 saturated carbocycles. The third-order valence-corrected chi connectivity index (χ3v) is 45.3. The van der Waals surface area contributed by atoms with Crippen molar-refractivity contribution in [2.24, 2.45) is 25.9 Å². The zero-order valence-corrected chi connectivity index (χ0v) is 75.6. The van der Waals surface area contributed by atoms with E-state index < -0.39 is 131 Å². The standard InChI is InChI=1S/C75H106N12O24S6Si3/c1-109-66(89)37-15-14-36-65(88)76-38-18-54-118(2,3)110-120(82-67-57-28-6-7-29-58(57)68(82)79-70-61-32-10-11-33-62(61)72(84(70)120)81-74-64-35-13-12-34-63(64)73(85(74)120)80-71-60-31-9-8-30-59(60)69(78-67)83(71)120)111-119(4,5)55-19-39-77-75(90)56(26-16-40-86(42-20-48-112(91,92)93,43-21-49-113(94,95)96)44-22-50-114(97,98)99)27-17-41-87(45-23-51-115(100,101)102,46-24-52-116(103,104)105)47-25-53-117(106,107)108/h6-13,28-35,56H,14-27,36-55H2,1-5H3,(H6-2,76,77,88,90,91,92,93,94,95,96,97,98,99,100,101,102,103,104,105,106,107,108). The number of unbranched alkanes of at least 4 members (excludes halogenated alkanes) is 1. The molecule has 1 spiro atoms. The molecular formula is C75H106N12O24S6Si3. The Morgan fingerprint density at radius 3 is 1.17 bits per heavy atom. The van der Waals surface area contributed by atoms with Gasteiger partial charge in [0, 0.05) is 50.0 Å². The topological polar surface area (TPSA) is 500 Å². The second kappa shape index (κ2) is 34.6. The second-order valence-corrected chi connectivity index (χ2v) is 57.2. The summed E-state index contributed by atoms with van der Waals surface area (Å²) in [5, 5.41) is 9.28. The third kappa shape index (κ3) is 19.1. The van der Waals surface area contributed by atoms with E-state index in [9.17, 15) is 95.6 Å². The number of carbonyl (C=O) groups excluding carboxylic acids is 3. The maximum absolute atomic E-state index is 15.6. The Hall–Kier alpha value is -7.40. The second-order valence-electron chi connectivity index (χ2n) is 33.6. The Morgan fingerprint density at radius 2 is 0.792 bits per heavy atom. The number of benzene rings is 4. The number of hydrogen-bond acceptors (Lipinski definition) is 24. The molecule has 45 heteroatoms. The van der Waals surface area contributed by atoms with Gasteiger partial charge in [0.15, 0.2) is 0 Å². The summed E-state index contributed by atoms with van der Waals surface area (Å²) >= 11 is 0. The molecular weight excluding hydrogens is 1730 g/mol. The first-order valence-corrected chi connectivity index (χ1v) is 58.8. The first kappa shape index (κ1) is 91.8. The van der Waals surface area contributed by atoms with Crippen molar-refractivity contribution >= 4 is 159 Å². The van der Waals surface area contributed by atoms with Gasteiger partial charge in [-0.25, -0.2) is 16.8 Å². The molecule has 4 aromatic carbocycles. The van der Waals surface area contributed by atoms with Crippen LogP contribution in [0.5, 0.6) is 0 Å². The van der Waals surface area contributed by atoms with Crippen LogP contribution >= 0.6 is 0 Å². The summed E-state index contributed by atoms with van der Waals surface area (Å²) < 4.78 is 241. The average molecular weight is 1840 g/mol. The quantitative estimate of drug-likeness (QED) is 0.00926. The predicted octanol–water partition coefficient (Wildman–Crippen LogP) is 5.31. The van der Waals surface area contributed by atoms with Gasteiger partial charge < -0.3 is 13.8 Å². The summed E-state index contributed by atoms with van der Waals surface area (Å²) in [7, 11) is -41.3. The fourth-order valence-electron chi connectivity index (χ4n) is 19.2. The molecule has 658 valence electrons. The number of nitrogens with zero attached hydrogens (tertiary/aromatic N) is 10. The molecule has 0 atom stereocenters. The van der Waals surface area contributed by atoms with Crippen molar-refractivity contribution in [1.29, 1.82) is 0 Å². The number of fused-ring (bicyclic) bond motifs is 12. The maximum atomic E-state index is 15.6.